The van der Waals surface area contributed by atoms with Crippen LogP contribution in [0.2, 0.25) is 0 Å². The minimum absolute atomic E-state index is 0.120. The Morgan fingerprint density at radius 2 is 1.77 bits per heavy atom. The number of benzene rings is 2. The molecular weight excluding hydrogens is 510 g/mol. The molecule has 3 atom stereocenters. The number of nitrogens with one attached hydrogen (secondary N) is 3. The fourth-order valence-corrected chi connectivity index (χ4v) is 5.22. The van der Waals surface area contributed by atoms with Gasteiger partial charge in [-0.05, 0) is 50.1 Å². The van der Waals surface area contributed by atoms with Crippen LogP contribution < -0.4 is 20.7 Å². The Hall–Kier alpha value is -3.79. The predicted molar refractivity (Wildman–Crippen MR) is 155 cm³/mol. The summed E-state index contributed by atoms with van der Waals surface area (Å²) in [6.07, 6.45) is 5.07. The molecule has 5 amide bonds. The highest BCUT2D eigenvalue weighted by Crippen LogP contribution is 2.31. The van der Waals surface area contributed by atoms with Crippen molar-refractivity contribution >= 4 is 29.3 Å². The molecule has 0 spiro atoms. The van der Waals surface area contributed by atoms with E-state index in [4.69, 9.17) is 4.74 Å². The first-order chi connectivity index (χ1) is 19.2. The zero-order valence-corrected chi connectivity index (χ0v) is 23.6. The van der Waals surface area contributed by atoms with Crippen molar-refractivity contribution < 1.29 is 24.2 Å². The summed E-state index contributed by atoms with van der Waals surface area (Å²) in [6, 6.07) is 13.2. The molecule has 0 saturated heterocycles. The van der Waals surface area contributed by atoms with Crippen LogP contribution in [-0.4, -0.2) is 77.8 Å². The summed E-state index contributed by atoms with van der Waals surface area (Å²) in [5.41, 5.74) is 1.35. The van der Waals surface area contributed by atoms with Gasteiger partial charge in [-0.15, -0.1) is 0 Å². The van der Waals surface area contributed by atoms with Crippen LogP contribution in [0, 0.1) is 5.92 Å². The monoisotopic (exact) mass is 551 g/mol. The van der Waals surface area contributed by atoms with Crippen LogP contribution in [-0.2, 0) is 0 Å². The number of rotatable bonds is 7. The van der Waals surface area contributed by atoms with Gasteiger partial charge in [-0.1, -0.05) is 44.4 Å². The summed E-state index contributed by atoms with van der Waals surface area (Å²) in [6.45, 7) is 4.25. The smallest absolute Gasteiger partial charge is 0.323 e. The number of carbonyl (C=O) groups excluding carboxylic acids is 3. The Bertz CT molecular complexity index is 1170. The van der Waals surface area contributed by atoms with Crippen molar-refractivity contribution in [3.63, 3.8) is 0 Å². The molecule has 2 aromatic rings. The number of fused-ring (bicyclic) bond motifs is 1. The summed E-state index contributed by atoms with van der Waals surface area (Å²) in [5, 5.41) is 18.6. The van der Waals surface area contributed by atoms with Gasteiger partial charge in [-0.2, -0.15) is 0 Å². The van der Waals surface area contributed by atoms with Gasteiger partial charge >= 0.3 is 12.1 Å². The number of urea groups is 2. The predicted octanol–water partition coefficient (Wildman–Crippen LogP) is 4.52. The minimum Gasteiger partial charge on any atom is -0.487 e. The molecular formula is C30H41N5O5. The first-order valence-corrected chi connectivity index (χ1v) is 14.1. The number of likely N-dealkylation sites (N-methyl/N-ethyl adjacent to an activating group) is 1. The van der Waals surface area contributed by atoms with Crippen molar-refractivity contribution in [3.8, 4) is 5.75 Å². The second-order valence-corrected chi connectivity index (χ2v) is 10.9. The van der Waals surface area contributed by atoms with Crippen molar-refractivity contribution in [2.45, 2.75) is 64.1 Å². The largest absolute Gasteiger partial charge is 0.487 e. The van der Waals surface area contributed by atoms with Gasteiger partial charge in [0.1, 0.15) is 11.9 Å². The molecule has 1 aliphatic heterocycles. The van der Waals surface area contributed by atoms with Gasteiger partial charge < -0.3 is 35.6 Å². The topological polar surface area (TPSA) is 123 Å². The second-order valence-electron chi connectivity index (χ2n) is 10.9. The summed E-state index contributed by atoms with van der Waals surface area (Å²) in [4.78, 5) is 42.5. The Balaban J connectivity index is 1.53. The van der Waals surface area contributed by atoms with Crippen LogP contribution in [0.5, 0.6) is 5.75 Å². The molecule has 0 aromatic heterocycles. The molecule has 1 fully saturated rings. The van der Waals surface area contributed by atoms with E-state index >= 15 is 0 Å². The zero-order chi connectivity index (χ0) is 28.6. The lowest BCUT2D eigenvalue weighted by Crippen LogP contribution is -2.52. The highest BCUT2D eigenvalue weighted by molar-refractivity contribution is 6.02. The van der Waals surface area contributed by atoms with E-state index in [0.29, 0.717) is 30.2 Å². The molecule has 1 saturated carbocycles. The van der Waals surface area contributed by atoms with Gasteiger partial charge in [-0.25, -0.2) is 9.59 Å². The molecule has 10 heteroatoms. The van der Waals surface area contributed by atoms with E-state index < -0.39 is 18.2 Å². The molecule has 0 bridgehead atoms. The molecule has 1 aliphatic carbocycles. The number of aliphatic hydroxyl groups is 1. The maximum Gasteiger partial charge on any atom is 0.323 e. The molecule has 4 N–H and O–H groups in total. The van der Waals surface area contributed by atoms with Crippen LogP contribution in [0.4, 0.5) is 21.0 Å². The number of hydrogen-bond donors (Lipinski definition) is 4. The standard InChI is InChI=1S/C30H41N5O5/c1-20-17-35(21(2)19-36)28(37)25-16-24(32-29(38)31-22-10-6-4-7-11-22)14-15-26(25)40-27(20)18-34(3)30(39)33-23-12-8-5-9-13-23/h4,6-7,10-11,14-16,20-21,23,27,36H,5,8-9,12-13,17-19H2,1-3H3,(H,33,39)(H2,31,32,38)/t20-,21-,27-/m1/s1. The zero-order valence-electron chi connectivity index (χ0n) is 23.6. The van der Waals surface area contributed by atoms with E-state index in [2.05, 4.69) is 16.0 Å². The van der Waals surface area contributed by atoms with E-state index in [1.165, 1.54) is 6.42 Å². The van der Waals surface area contributed by atoms with E-state index in [-0.39, 0.29) is 36.1 Å². The minimum atomic E-state index is -0.442. The normalized spacial score (nSPS) is 20.3. The van der Waals surface area contributed by atoms with Gasteiger partial charge in [-0.3, -0.25) is 4.79 Å². The number of anilines is 2. The fourth-order valence-electron chi connectivity index (χ4n) is 5.22. The van der Waals surface area contributed by atoms with Crippen molar-refractivity contribution in [1.82, 2.24) is 15.1 Å². The van der Waals surface area contributed by atoms with E-state index in [1.807, 2.05) is 25.1 Å². The number of carbonyl (C=O) groups is 3. The van der Waals surface area contributed by atoms with Gasteiger partial charge in [0, 0.05) is 36.9 Å². The number of hydrogen-bond acceptors (Lipinski definition) is 5. The van der Waals surface area contributed by atoms with Crippen LogP contribution in [0.25, 0.3) is 0 Å². The lowest BCUT2D eigenvalue weighted by atomic mass is 9.96. The van der Waals surface area contributed by atoms with E-state index in [9.17, 15) is 19.5 Å². The van der Waals surface area contributed by atoms with Crippen molar-refractivity contribution in [1.29, 1.82) is 0 Å². The number of aliphatic hydroxyl groups excluding tert-OH is 1. The Kier molecular flexibility index (Phi) is 9.87. The number of amides is 5. The Labute approximate surface area is 236 Å². The second kappa shape index (κ2) is 13.5. The molecule has 2 aliphatic rings. The van der Waals surface area contributed by atoms with Crippen molar-refractivity contribution in [3.05, 3.63) is 54.1 Å². The van der Waals surface area contributed by atoms with Crippen molar-refractivity contribution in [2.24, 2.45) is 5.92 Å². The SMILES string of the molecule is C[C@@H]1CN([C@H](C)CO)C(=O)c2cc(NC(=O)Nc3ccccc3)ccc2O[C@@H]1CN(C)C(=O)NC1CCCCC1. The molecule has 216 valence electrons. The lowest BCUT2D eigenvalue weighted by molar-refractivity contribution is 0.0366. The number of para-hydroxylation sites is 1. The number of nitrogens with zero attached hydrogens (tertiary/aromatic N) is 2. The van der Waals surface area contributed by atoms with Crippen LogP contribution >= 0.6 is 0 Å². The lowest BCUT2D eigenvalue weighted by Gasteiger charge is -2.38. The molecule has 0 unspecified atom stereocenters. The van der Waals surface area contributed by atoms with Gasteiger partial charge in [0.25, 0.3) is 5.91 Å². The molecule has 0 radical (unpaired) electrons. The summed E-state index contributed by atoms with van der Waals surface area (Å²) < 4.78 is 6.39. The van der Waals surface area contributed by atoms with Gasteiger partial charge in [0.15, 0.2) is 0 Å². The van der Waals surface area contributed by atoms with Gasteiger partial charge in [0.2, 0.25) is 0 Å². The summed E-state index contributed by atoms with van der Waals surface area (Å²) in [5.74, 6) is -0.0466. The molecule has 10 nitrogen and oxygen atoms in total. The summed E-state index contributed by atoms with van der Waals surface area (Å²) >= 11 is 0. The Morgan fingerprint density at radius 3 is 2.48 bits per heavy atom. The third-order valence-corrected chi connectivity index (χ3v) is 7.69. The van der Waals surface area contributed by atoms with Crippen LogP contribution in [0.1, 0.15) is 56.3 Å². The first-order valence-electron chi connectivity index (χ1n) is 14.1. The first kappa shape index (κ1) is 29.2. The fraction of sp³-hybridized carbons (Fsp3) is 0.500. The maximum atomic E-state index is 13.7. The van der Waals surface area contributed by atoms with E-state index in [0.717, 1.165) is 25.7 Å². The molecule has 2 aromatic carbocycles. The molecule has 4 rings (SSSR count). The van der Waals surface area contributed by atoms with Crippen molar-refractivity contribution in [2.75, 3.05) is 37.4 Å². The molecule has 1 heterocycles. The van der Waals surface area contributed by atoms with Crippen LogP contribution in [0.15, 0.2) is 48.5 Å². The highest BCUT2D eigenvalue weighted by atomic mass is 16.5. The highest BCUT2D eigenvalue weighted by Gasteiger charge is 2.34. The third-order valence-electron chi connectivity index (χ3n) is 7.69. The van der Waals surface area contributed by atoms with Crippen LogP contribution in [0.3, 0.4) is 0 Å². The Morgan fingerprint density at radius 1 is 1.07 bits per heavy atom. The molecule has 40 heavy (non-hydrogen) atoms. The third kappa shape index (κ3) is 7.44. The summed E-state index contributed by atoms with van der Waals surface area (Å²) in [7, 11) is 1.76. The van der Waals surface area contributed by atoms with E-state index in [1.54, 1.807) is 54.1 Å². The maximum absolute atomic E-state index is 13.7. The number of ether oxygens (including phenoxy) is 1. The van der Waals surface area contributed by atoms with Gasteiger partial charge in [0.05, 0.1) is 24.8 Å². The quantitative estimate of drug-likeness (QED) is 0.403. The average molecular weight is 552 g/mol. The average Bonchev–Trinajstić information content (AvgIpc) is 2.95.